The SMILES string of the molecule is CNC(=O)O[C@@H]1CC[C@H](C(=O)N2CC=C(c3ccccc3)CC2)[C@@H](C(=O)NO)C1. The van der Waals surface area contributed by atoms with Gasteiger partial charge in [-0.2, -0.15) is 0 Å². The fraction of sp³-hybridized carbons (Fsp3) is 0.476. The van der Waals surface area contributed by atoms with Crippen molar-refractivity contribution >= 4 is 23.5 Å². The highest BCUT2D eigenvalue weighted by atomic mass is 16.6. The second-order valence-electron chi connectivity index (χ2n) is 7.41. The molecule has 3 atom stereocenters. The summed E-state index contributed by atoms with van der Waals surface area (Å²) in [5.41, 5.74) is 4.03. The van der Waals surface area contributed by atoms with Crippen molar-refractivity contribution in [3.63, 3.8) is 0 Å². The summed E-state index contributed by atoms with van der Waals surface area (Å²) in [7, 11) is 1.46. The predicted octanol–water partition coefficient (Wildman–Crippen LogP) is 1.95. The van der Waals surface area contributed by atoms with E-state index in [9.17, 15) is 14.4 Å². The number of hydroxylamine groups is 1. The Morgan fingerprint density at radius 3 is 2.52 bits per heavy atom. The summed E-state index contributed by atoms with van der Waals surface area (Å²) in [4.78, 5) is 38.6. The monoisotopic (exact) mass is 401 g/mol. The normalized spacial score (nSPS) is 24.3. The lowest BCUT2D eigenvalue weighted by Gasteiger charge is -2.37. The van der Waals surface area contributed by atoms with Crippen molar-refractivity contribution in [1.29, 1.82) is 0 Å². The van der Waals surface area contributed by atoms with E-state index >= 15 is 0 Å². The van der Waals surface area contributed by atoms with Crippen LogP contribution in [-0.2, 0) is 14.3 Å². The van der Waals surface area contributed by atoms with Gasteiger partial charge in [-0.3, -0.25) is 14.8 Å². The molecule has 0 unspecified atom stereocenters. The summed E-state index contributed by atoms with van der Waals surface area (Å²) in [6.45, 7) is 1.08. The van der Waals surface area contributed by atoms with Gasteiger partial charge in [-0.05, 0) is 36.8 Å². The van der Waals surface area contributed by atoms with Gasteiger partial charge in [-0.25, -0.2) is 10.3 Å². The summed E-state index contributed by atoms with van der Waals surface area (Å²) in [6, 6.07) is 10.1. The first-order chi connectivity index (χ1) is 14.0. The van der Waals surface area contributed by atoms with E-state index in [2.05, 4.69) is 23.5 Å². The van der Waals surface area contributed by atoms with Crippen molar-refractivity contribution in [2.45, 2.75) is 31.8 Å². The van der Waals surface area contributed by atoms with Crippen molar-refractivity contribution in [2.75, 3.05) is 20.1 Å². The highest BCUT2D eigenvalue weighted by Gasteiger charge is 2.42. The van der Waals surface area contributed by atoms with Gasteiger partial charge in [0.15, 0.2) is 0 Å². The van der Waals surface area contributed by atoms with Gasteiger partial charge in [-0.15, -0.1) is 0 Å². The van der Waals surface area contributed by atoms with Gasteiger partial charge in [0.1, 0.15) is 6.10 Å². The number of nitrogens with zero attached hydrogens (tertiary/aromatic N) is 1. The lowest BCUT2D eigenvalue weighted by atomic mass is 9.76. The molecule has 1 aromatic rings. The second-order valence-corrected chi connectivity index (χ2v) is 7.41. The standard InChI is InChI=1S/C21H27N3O5/c1-22-21(27)29-16-7-8-17(18(13-16)19(25)23-28)20(26)24-11-9-15(10-12-24)14-5-3-2-4-6-14/h2-6,9,16-18,28H,7-8,10-13H2,1H3,(H,22,27)(H,23,25)/t16-,17+,18+/m1/s1. The first-order valence-electron chi connectivity index (χ1n) is 9.89. The fourth-order valence-electron chi connectivity index (χ4n) is 4.14. The zero-order chi connectivity index (χ0) is 20.8. The van der Waals surface area contributed by atoms with Gasteiger partial charge in [0.2, 0.25) is 11.8 Å². The molecule has 29 heavy (non-hydrogen) atoms. The van der Waals surface area contributed by atoms with Crippen LogP contribution in [0.2, 0.25) is 0 Å². The molecule has 1 aromatic carbocycles. The van der Waals surface area contributed by atoms with Crippen LogP contribution < -0.4 is 10.8 Å². The molecule has 1 aliphatic carbocycles. The molecule has 8 nitrogen and oxygen atoms in total. The summed E-state index contributed by atoms with van der Waals surface area (Å²) in [6.07, 6.45) is 2.89. The number of alkyl carbamates (subject to hydrolysis) is 1. The molecule has 0 spiro atoms. The van der Waals surface area contributed by atoms with Crippen LogP contribution in [0.5, 0.6) is 0 Å². The number of hydrogen-bond acceptors (Lipinski definition) is 5. The van der Waals surface area contributed by atoms with E-state index < -0.39 is 29.9 Å². The van der Waals surface area contributed by atoms with Crippen LogP contribution in [0, 0.1) is 11.8 Å². The van der Waals surface area contributed by atoms with E-state index in [1.54, 1.807) is 10.4 Å². The highest BCUT2D eigenvalue weighted by Crippen LogP contribution is 2.34. The van der Waals surface area contributed by atoms with E-state index in [1.165, 1.54) is 12.6 Å². The maximum absolute atomic E-state index is 13.1. The fourth-order valence-corrected chi connectivity index (χ4v) is 4.14. The Labute approximate surface area is 169 Å². The van der Waals surface area contributed by atoms with Gasteiger partial charge in [0.05, 0.1) is 11.8 Å². The molecule has 8 heteroatoms. The minimum Gasteiger partial charge on any atom is -0.446 e. The van der Waals surface area contributed by atoms with Crippen molar-refractivity contribution < 1.29 is 24.3 Å². The average molecular weight is 401 g/mol. The molecule has 3 rings (SSSR count). The molecule has 1 saturated carbocycles. The van der Waals surface area contributed by atoms with Crippen LogP contribution in [0.15, 0.2) is 36.4 Å². The Morgan fingerprint density at radius 1 is 1.14 bits per heavy atom. The molecule has 2 aliphatic rings. The summed E-state index contributed by atoms with van der Waals surface area (Å²) >= 11 is 0. The average Bonchev–Trinajstić information content (AvgIpc) is 2.78. The van der Waals surface area contributed by atoms with Crippen molar-refractivity contribution in [1.82, 2.24) is 15.7 Å². The van der Waals surface area contributed by atoms with E-state index in [4.69, 9.17) is 9.94 Å². The van der Waals surface area contributed by atoms with Gasteiger partial charge >= 0.3 is 6.09 Å². The summed E-state index contributed by atoms with van der Waals surface area (Å²) in [5.74, 6) is -2.00. The second kappa shape index (κ2) is 9.56. The van der Waals surface area contributed by atoms with Crippen LogP contribution in [0.1, 0.15) is 31.2 Å². The molecule has 0 bridgehead atoms. The molecule has 156 valence electrons. The lowest BCUT2D eigenvalue weighted by molar-refractivity contribution is -0.148. The van der Waals surface area contributed by atoms with Gasteiger partial charge < -0.3 is 15.0 Å². The van der Waals surface area contributed by atoms with Crippen LogP contribution >= 0.6 is 0 Å². The van der Waals surface area contributed by atoms with E-state index in [-0.39, 0.29) is 12.3 Å². The number of benzene rings is 1. The number of carbonyl (C=O) groups excluding carboxylic acids is 3. The Morgan fingerprint density at radius 2 is 1.90 bits per heavy atom. The van der Waals surface area contributed by atoms with E-state index in [0.29, 0.717) is 25.9 Å². The Kier molecular flexibility index (Phi) is 6.87. The zero-order valence-electron chi connectivity index (χ0n) is 16.5. The number of nitrogens with one attached hydrogen (secondary N) is 2. The quantitative estimate of drug-likeness (QED) is 0.528. The number of carbonyl (C=O) groups is 3. The smallest absolute Gasteiger partial charge is 0.407 e. The Bertz CT molecular complexity index is 780. The molecule has 0 saturated heterocycles. The predicted molar refractivity (Wildman–Crippen MR) is 106 cm³/mol. The number of amides is 3. The molecule has 1 fully saturated rings. The molecular weight excluding hydrogens is 374 g/mol. The molecule has 3 amide bonds. The van der Waals surface area contributed by atoms with E-state index in [0.717, 1.165) is 12.0 Å². The molecule has 0 aromatic heterocycles. The minimum atomic E-state index is -0.740. The summed E-state index contributed by atoms with van der Waals surface area (Å²) < 4.78 is 5.26. The van der Waals surface area contributed by atoms with Crippen molar-refractivity contribution in [3.8, 4) is 0 Å². The molecular formula is C21H27N3O5. The zero-order valence-corrected chi connectivity index (χ0v) is 16.5. The van der Waals surface area contributed by atoms with Crippen LogP contribution in [0.25, 0.3) is 5.57 Å². The third-order valence-electron chi connectivity index (χ3n) is 5.71. The topological polar surface area (TPSA) is 108 Å². The molecule has 0 radical (unpaired) electrons. The first kappa shape index (κ1) is 20.9. The first-order valence-corrected chi connectivity index (χ1v) is 9.89. The van der Waals surface area contributed by atoms with Gasteiger partial charge in [0, 0.05) is 20.1 Å². The van der Waals surface area contributed by atoms with Gasteiger partial charge in [-0.1, -0.05) is 36.4 Å². The highest BCUT2D eigenvalue weighted by molar-refractivity contribution is 5.88. The lowest BCUT2D eigenvalue weighted by Crippen LogP contribution is -2.48. The Hall–Kier alpha value is -2.87. The van der Waals surface area contributed by atoms with Crippen LogP contribution in [0.4, 0.5) is 4.79 Å². The molecule has 1 heterocycles. The number of ether oxygens (including phenoxy) is 1. The number of hydrogen-bond donors (Lipinski definition) is 3. The molecule has 1 aliphatic heterocycles. The molecule has 3 N–H and O–H groups in total. The van der Waals surface area contributed by atoms with Gasteiger partial charge in [0.25, 0.3) is 0 Å². The van der Waals surface area contributed by atoms with E-state index in [1.807, 2.05) is 18.2 Å². The van der Waals surface area contributed by atoms with Crippen molar-refractivity contribution in [2.24, 2.45) is 11.8 Å². The largest absolute Gasteiger partial charge is 0.446 e. The van der Waals surface area contributed by atoms with Crippen molar-refractivity contribution in [3.05, 3.63) is 42.0 Å². The third kappa shape index (κ3) is 4.95. The maximum Gasteiger partial charge on any atom is 0.407 e. The summed E-state index contributed by atoms with van der Waals surface area (Å²) in [5, 5.41) is 11.5. The minimum absolute atomic E-state index is 0.0969. The van der Waals surface area contributed by atoms with Crippen LogP contribution in [-0.4, -0.2) is 54.3 Å². The number of rotatable bonds is 4. The Balaban J connectivity index is 1.67. The van der Waals surface area contributed by atoms with Crippen LogP contribution in [0.3, 0.4) is 0 Å². The maximum atomic E-state index is 13.1. The third-order valence-corrected chi connectivity index (χ3v) is 5.71.